The van der Waals surface area contributed by atoms with Crippen LogP contribution >= 0.6 is 0 Å². The van der Waals surface area contributed by atoms with Crippen molar-refractivity contribution in [3.05, 3.63) is 90.1 Å². The molecule has 2 aliphatic rings. The molecule has 2 aliphatic heterocycles. The van der Waals surface area contributed by atoms with Gasteiger partial charge in [0.05, 0.1) is 12.0 Å². The third-order valence-electron chi connectivity index (χ3n) is 6.34. The minimum absolute atomic E-state index is 0.123. The molecule has 0 bridgehead atoms. The topological polar surface area (TPSA) is 99.8 Å². The van der Waals surface area contributed by atoms with E-state index >= 15 is 0 Å². The first-order chi connectivity index (χ1) is 17.1. The lowest BCUT2D eigenvalue weighted by Crippen LogP contribution is -2.39. The highest BCUT2D eigenvalue weighted by molar-refractivity contribution is 6.03. The number of nitrogens with one attached hydrogen (secondary N) is 3. The number of anilines is 1. The standard InChI is InChI=1S/C27H26N4O4/c32-24(15-29-27(34)35-17-18-7-2-1-3-8-18)31-16-21(25-23(31)13-14-28-25)26(33)30-22-12-6-10-19-9-4-5-11-20(19)22/h1-13,21,25,28H,14-17H2,(H,29,34)(H,30,33). The summed E-state index contributed by atoms with van der Waals surface area (Å²) in [5.41, 5.74) is 2.37. The van der Waals surface area contributed by atoms with Gasteiger partial charge in [-0.1, -0.05) is 66.7 Å². The van der Waals surface area contributed by atoms with Crippen LogP contribution in [0.5, 0.6) is 0 Å². The van der Waals surface area contributed by atoms with Gasteiger partial charge in [-0.05, 0) is 23.1 Å². The molecule has 5 rings (SSSR count). The number of hydrogen-bond donors (Lipinski definition) is 3. The molecule has 2 heterocycles. The highest BCUT2D eigenvalue weighted by Gasteiger charge is 2.45. The van der Waals surface area contributed by atoms with Crippen LogP contribution in [-0.2, 0) is 20.9 Å². The first-order valence-corrected chi connectivity index (χ1v) is 11.6. The summed E-state index contributed by atoms with van der Waals surface area (Å²) in [6.45, 7) is 0.724. The molecule has 2 unspecified atom stereocenters. The second-order valence-corrected chi connectivity index (χ2v) is 8.56. The summed E-state index contributed by atoms with van der Waals surface area (Å²) in [5.74, 6) is -0.893. The molecule has 1 saturated heterocycles. The Morgan fingerprint density at radius 3 is 2.60 bits per heavy atom. The maximum atomic E-state index is 13.2. The van der Waals surface area contributed by atoms with Crippen molar-refractivity contribution in [3.8, 4) is 0 Å². The molecular weight excluding hydrogens is 444 g/mol. The van der Waals surface area contributed by atoms with Crippen LogP contribution in [0.2, 0.25) is 0 Å². The fourth-order valence-corrected chi connectivity index (χ4v) is 4.61. The molecule has 0 radical (unpaired) electrons. The van der Waals surface area contributed by atoms with E-state index in [-0.39, 0.29) is 37.6 Å². The fourth-order valence-electron chi connectivity index (χ4n) is 4.61. The van der Waals surface area contributed by atoms with Crippen LogP contribution in [0.3, 0.4) is 0 Å². The Morgan fingerprint density at radius 1 is 0.971 bits per heavy atom. The fraction of sp³-hybridized carbons (Fsp3) is 0.222. The van der Waals surface area contributed by atoms with Crippen molar-refractivity contribution < 1.29 is 19.1 Å². The first kappa shape index (κ1) is 22.6. The zero-order valence-electron chi connectivity index (χ0n) is 19.1. The molecule has 178 valence electrons. The summed E-state index contributed by atoms with van der Waals surface area (Å²) in [4.78, 5) is 39.8. The molecule has 3 N–H and O–H groups in total. The van der Waals surface area contributed by atoms with E-state index in [9.17, 15) is 14.4 Å². The molecule has 35 heavy (non-hydrogen) atoms. The van der Waals surface area contributed by atoms with Crippen LogP contribution in [0.25, 0.3) is 10.8 Å². The normalized spacial score (nSPS) is 18.6. The van der Waals surface area contributed by atoms with Crippen LogP contribution in [-0.4, -0.2) is 48.5 Å². The van der Waals surface area contributed by atoms with Gasteiger partial charge in [-0.2, -0.15) is 0 Å². The number of nitrogens with zero attached hydrogens (tertiary/aromatic N) is 1. The third kappa shape index (κ3) is 4.88. The van der Waals surface area contributed by atoms with Gasteiger partial charge in [0.1, 0.15) is 13.2 Å². The van der Waals surface area contributed by atoms with E-state index in [1.165, 1.54) is 0 Å². The van der Waals surface area contributed by atoms with Gasteiger partial charge in [0.15, 0.2) is 0 Å². The first-order valence-electron chi connectivity index (χ1n) is 11.6. The summed E-state index contributed by atoms with van der Waals surface area (Å²) in [7, 11) is 0. The van der Waals surface area contributed by atoms with Gasteiger partial charge < -0.3 is 25.6 Å². The monoisotopic (exact) mass is 470 g/mol. The highest BCUT2D eigenvalue weighted by atomic mass is 16.5. The number of ether oxygens (including phenoxy) is 1. The zero-order chi connectivity index (χ0) is 24.2. The van der Waals surface area contributed by atoms with Crippen molar-refractivity contribution >= 4 is 34.4 Å². The summed E-state index contributed by atoms with van der Waals surface area (Å²) in [5, 5.41) is 10.9. The number of benzene rings is 3. The number of carbonyl (C=O) groups excluding carboxylic acids is 3. The smallest absolute Gasteiger partial charge is 0.407 e. The van der Waals surface area contributed by atoms with Gasteiger partial charge in [-0.3, -0.25) is 9.59 Å². The van der Waals surface area contributed by atoms with Crippen LogP contribution < -0.4 is 16.0 Å². The number of hydrogen-bond acceptors (Lipinski definition) is 5. The van der Waals surface area contributed by atoms with Crippen LogP contribution in [0.4, 0.5) is 10.5 Å². The van der Waals surface area contributed by atoms with E-state index in [4.69, 9.17) is 4.74 Å². The molecular formula is C27H26N4O4. The second-order valence-electron chi connectivity index (χ2n) is 8.56. The predicted octanol–water partition coefficient (Wildman–Crippen LogP) is 3.02. The summed E-state index contributed by atoms with van der Waals surface area (Å²) >= 11 is 0. The molecule has 8 nitrogen and oxygen atoms in total. The Balaban J connectivity index is 1.20. The lowest BCUT2D eigenvalue weighted by molar-refractivity contribution is -0.128. The van der Waals surface area contributed by atoms with Crippen LogP contribution in [0.1, 0.15) is 5.56 Å². The number of likely N-dealkylation sites (tertiary alicyclic amines) is 1. The quantitative estimate of drug-likeness (QED) is 0.514. The summed E-state index contributed by atoms with van der Waals surface area (Å²) < 4.78 is 5.18. The number of alkyl carbamates (subject to hydrolysis) is 1. The van der Waals surface area contributed by atoms with Gasteiger partial charge in [0, 0.05) is 29.9 Å². The molecule has 0 spiro atoms. The van der Waals surface area contributed by atoms with Gasteiger partial charge in [0.25, 0.3) is 0 Å². The predicted molar refractivity (Wildman–Crippen MR) is 132 cm³/mol. The van der Waals surface area contributed by atoms with Crippen molar-refractivity contribution in [1.82, 2.24) is 15.5 Å². The van der Waals surface area contributed by atoms with Crippen molar-refractivity contribution in [1.29, 1.82) is 0 Å². The van der Waals surface area contributed by atoms with Crippen LogP contribution in [0, 0.1) is 5.92 Å². The molecule has 2 atom stereocenters. The minimum Gasteiger partial charge on any atom is -0.445 e. The number of rotatable bonds is 6. The molecule has 3 aromatic carbocycles. The average molecular weight is 471 g/mol. The molecule has 1 fully saturated rings. The van der Waals surface area contributed by atoms with E-state index in [1.54, 1.807) is 4.90 Å². The molecule has 0 aliphatic carbocycles. The maximum absolute atomic E-state index is 13.2. The van der Waals surface area contributed by atoms with Gasteiger partial charge in [-0.15, -0.1) is 0 Å². The highest BCUT2D eigenvalue weighted by Crippen LogP contribution is 2.32. The molecule has 0 aromatic heterocycles. The largest absolute Gasteiger partial charge is 0.445 e. The van der Waals surface area contributed by atoms with Crippen molar-refractivity contribution in [3.63, 3.8) is 0 Å². The minimum atomic E-state index is -0.665. The number of fused-ring (bicyclic) bond motifs is 2. The Morgan fingerprint density at radius 2 is 1.74 bits per heavy atom. The Hall–Kier alpha value is -4.17. The second kappa shape index (κ2) is 9.99. The average Bonchev–Trinajstić information content (AvgIpc) is 3.50. The van der Waals surface area contributed by atoms with E-state index < -0.39 is 12.0 Å². The van der Waals surface area contributed by atoms with Gasteiger partial charge >= 0.3 is 6.09 Å². The summed E-state index contributed by atoms with van der Waals surface area (Å²) in [6, 6.07) is 22.7. The number of amides is 3. The maximum Gasteiger partial charge on any atom is 0.407 e. The van der Waals surface area contributed by atoms with Crippen LogP contribution in [0.15, 0.2) is 84.6 Å². The Bertz CT molecular complexity index is 1290. The van der Waals surface area contributed by atoms with Gasteiger partial charge in [0.2, 0.25) is 11.8 Å². The summed E-state index contributed by atoms with van der Waals surface area (Å²) in [6.07, 6.45) is 1.25. The third-order valence-corrected chi connectivity index (χ3v) is 6.34. The van der Waals surface area contributed by atoms with E-state index in [2.05, 4.69) is 16.0 Å². The van der Waals surface area contributed by atoms with Crippen molar-refractivity contribution in [2.75, 3.05) is 25.0 Å². The van der Waals surface area contributed by atoms with E-state index in [1.807, 2.05) is 78.9 Å². The van der Waals surface area contributed by atoms with Gasteiger partial charge in [-0.25, -0.2) is 4.79 Å². The molecule has 0 saturated carbocycles. The lowest BCUT2D eigenvalue weighted by Gasteiger charge is -2.18. The van der Waals surface area contributed by atoms with Crippen molar-refractivity contribution in [2.45, 2.75) is 12.6 Å². The molecule has 3 aromatic rings. The Kier molecular flexibility index (Phi) is 6.45. The van der Waals surface area contributed by atoms with Crippen molar-refractivity contribution in [2.24, 2.45) is 5.92 Å². The SMILES string of the molecule is O=C(NCC(=O)N1CC(C(=O)Nc2cccc3ccccc23)C2NCC=C21)OCc1ccccc1. The zero-order valence-corrected chi connectivity index (χ0v) is 19.1. The van der Waals surface area contributed by atoms with E-state index in [0.717, 1.165) is 27.7 Å². The van der Waals surface area contributed by atoms with E-state index in [0.29, 0.717) is 6.54 Å². The number of carbonyl (C=O) groups is 3. The Labute approximate surface area is 202 Å². The lowest BCUT2D eigenvalue weighted by atomic mass is 10.0. The molecule has 3 amide bonds. The molecule has 8 heteroatoms.